The van der Waals surface area contributed by atoms with E-state index in [2.05, 4.69) is 15.2 Å². The first-order chi connectivity index (χ1) is 5.86. The summed E-state index contributed by atoms with van der Waals surface area (Å²) < 4.78 is 4.99. The van der Waals surface area contributed by atoms with Crippen molar-refractivity contribution in [1.29, 1.82) is 0 Å². The fourth-order valence-electron chi connectivity index (χ4n) is 0.938. The summed E-state index contributed by atoms with van der Waals surface area (Å²) in [6, 6.07) is 3.81. The van der Waals surface area contributed by atoms with Gasteiger partial charge >= 0.3 is 0 Å². The third-order valence-electron chi connectivity index (χ3n) is 1.49. The van der Waals surface area contributed by atoms with Gasteiger partial charge in [-0.3, -0.25) is 4.98 Å². The number of aromatic nitrogens is 3. The standard InChI is InChI=1S/C8H7N3O/c1-6-2-3-9-7(4-6)8-11-10-5-12-8/h2-5H,1H3. The summed E-state index contributed by atoms with van der Waals surface area (Å²) in [5, 5.41) is 7.32. The maximum Gasteiger partial charge on any atom is 0.266 e. The third kappa shape index (κ3) is 1.18. The van der Waals surface area contributed by atoms with E-state index >= 15 is 0 Å². The number of hydrogen-bond acceptors (Lipinski definition) is 4. The lowest BCUT2D eigenvalue weighted by atomic mass is 10.2. The van der Waals surface area contributed by atoms with Gasteiger partial charge < -0.3 is 4.42 Å². The fraction of sp³-hybridized carbons (Fsp3) is 0.125. The Morgan fingerprint density at radius 1 is 1.42 bits per heavy atom. The fourth-order valence-corrected chi connectivity index (χ4v) is 0.938. The molecule has 2 aromatic heterocycles. The molecule has 0 saturated heterocycles. The number of hydrogen-bond donors (Lipinski definition) is 0. The first-order valence-electron chi connectivity index (χ1n) is 3.55. The van der Waals surface area contributed by atoms with E-state index in [4.69, 9.17) is 4.42 Å². The zero-order chi connectivity index (χ0) is 8.39. The molecule has 2 heterocycles. The molecule has 0 aliphatic rings. The van der Waals surface area contributed by atoms with Crippen molar-refractivity contribution in [2.45, 2.75) is 6.92 Å². The molecule has 4 heteroatoms. The van der Waals surface area contributed by atoms with E-state index in [1.165, 1.54) is 6.39 Å². The third-order valence-corrected chi connectivity index (χ3v) is 1.49. The maximum atomic E-state index is 4.99. The Morgan fingerprint density at radius 3 is 3.00 bits per heavy atom. The van der Waals surface area contributed by atoms with Crippen molar-refractivity contribution >= 4 is 0 Å². The molecule has 0 aliphatic carbocycles. The summed E-state index contributed by atoms with van der Waals surface area (Å²) in [6.45, 7) is 1.99. The van der Waals surface area contributed by atoms with Crippen molar-refractivity contribution in [2.75, 3.05) is 0 Å². The van der Waals surface area contributed by atoms with Crippen LogP contribution >= 0.6 is 0 Å². The number of aryl methyl sites for hydroxylation is 1. The monoisotopic (exact) mass is 161 g/mol. The van der Waals surface area contributed by atoms with E-state index < -0.39 is 0 Å². The average molecular weight is 161 g/mol. The largest absolute Gasteiger partial charge is 0.422 e. The van der Waals surface area contributed by atoms with Gasteiger partial charge in [-0.25, -0.2) is 0 Å². The van der Waals surface area contributed by atoms with Crippen LogP contribution in [0.5, 0.6) is 0 Å². The molecule has 0 atom stereocenters. The number of pyridine rings is 1. The van der Waals surface area contributed by atoms with Gasteiger partial charge in [0, 0.05) is 6.20 Å². The van der Waals surface area contributed by atoms with Gasteiger partial charge in [-0.2, -0.15) is 0 Å². The van der Waals surface area contributed by atoms with Gasteiger partial charge in [-0.1, -0.05) is 0 Å². The highest BCUT2D eigenvalue weighted by atomic mass is 16.4. The van der Waals surface area contributed by atoms with Crippen molar-refractivity contribution in [3.63, 3.8) is 0 Å². The molecule has 12 heavy (non-hydrogen) atoms. The Kier molecular flexibility index (Phi) is 1.59. The lowest BCUT2D eigenvalue weighted by Gasteiger charge is -1.93. The van der Waals surface area contributed by atoms with Crippen LogP contribution in [-0.4, -0.2) is 15.2 Å². The highest BCUT2D eigenvalue weighted by Crippen LogP contribution is 2.13. The van der Waals surface area contributed by atoms with Gasteiger partial charge in [0.2, 0.25) is 6.39 Å². The topological polar surface area (TPSA) is 51.8 Å². The summed E-state index contributed by atoms with van der Waals surface area (Å²) in [5.41, 5.74) is 1.84. The second kappa shape index (κ2) is 2.73. The van der Waals surface area contributed by atoms with Crippen LogP contribution in [0.3, 0.4) is 0 Å². The molecule has 4 nitrogen and oxygen atoms in total. The van der Waals surface area contributed by atoms with Gasteiger partial charge in [-0.15, -0.1) is 10.2 Å². The van der Waals surface area contributed by atoms with E-state index in [1.807, 2.05) is 19.1 Å². The van der Waals surface area contributed by atoms with Gasteiger partial charge in [0.1, 0.15) is 5.69 Å². The van der Waals surface area contributed by atoms with E-state index in [0.717, 1.165) is 5.56 Å². The van der Waals surface area contributed by atoms with Crippen molar-refractivity contribution in [1.82, 2.24) is 15.2 Å². The first-order valence-corrected chi connectivity index (χ1v) is 3.55. The van der Waals surface area contributed by atoms with Crippen molar-refractivity contribution in [2.24, 2.45) is 0 Å². The van der Waals surface area contributed by atoms with Crippen molar-refractivity contribution in [3.8, 4) is 11.6 Å². The lowest BCUT2D eigenvalue weighted by molar-refractivity contribution is 0.566. The van der Waals surface area contributed by atoms with Crippen LogP contribution in [0.4, 0.5) is 0 Å². The van der Waals surface area contributed by atoms with Crippen LogP contribution in [0.15, 0.2) is 29.1 Å². The summed E-state index contributed by atoms with van der Waals surface area (Å²) >= 11 is 0. The normalized spacial score (nSPS) is 10.1. The molecular formula is C8H7N3O. The molecule has 0 fully saturated rings. The van der Waals surface area contributed by atoms with Gasteiger partial charge in [-0.05, 0) is 24.6 Å². The van der Waals surface area contributed by atoms with Crippen LogP contribution in [-0.2, 0) is 0 Å². The van der Waals surface area contributed by atoms with Gasteiger partial charge in [0.15, 0.2) is 0 Å². The molecule has 0 N–H and O–H groups in total. The smallest absolute Gasteiger partial charge is 0.266 e. The van der Waals surface area contributed by atoms with Crippen molar-refractivity contribution < 1.29 is 4.42 Å². The number of nitrogens with zero attached hydrogens (tertiary/aromatic N) is 3. The molecule has 2 rings (SSSR count). The molecule has 0 spiro atoms. The molecule has 0 bridgehead atoms. The zero-order valence-corrected chi connectivity index (χ0v) is 6.56. The van der Waals surface area contributed by atoms with Gasteiger partial charge in [0.05, 0.1) is 0 Å². The average Bonchev–Trinajstić information content (AvgIpc) is 2.56. The molecule has 0 aliphatic heterocycles. The van der Waals surface area contributed by atoms with E-state index in [9.17, 15) is 0 Å². The summed E-state index contributed by atoms with van der Waals surface area (Å²) in [4.78, 5) is 4.09. The highest BCUT2D eigenvalue weighted by molar-refractivity contribution is 5.46. The lowest BCUT2D eigenvalue weighted by Crippen LogP contribution is -1.83. The van der Waals surface area contributed by atoms with E-state index in [-0.39, 0.29) is 0 Å². The second-order valence-electron chi connectivity index (χ2n) is 2.46. The van der Waals surface area contributed by atoms with Crippen LogP contribution < -0.4 is 0 Å². The molecule has 0 amide bonds. The Morgan fingerprint density at radius 2 is 2.33 bits per heavy atom. The minimum atomic E-state index is 0.457. The van der Waals surface area contributed by atoms with Crippen LogP contribution in [0.1, 0.15) is 5.56 Å². The molecule has 0 saturated carbocycles. The first kappa shape index (κ1) is 6.97. The molecule has 0 unspecified atom stereocenters. The minimum Gasteiger partial charge on any atom is -0.422 e. The summed E-state index contributed by atoms with van der Waals surface area (Å²) in [7, 11) is 0. The van der Waals surface area contributed by atoms with Crippen LogP contribution in [0.2, 0.25) is 0 Å². The van der Waals surface area contributed by atoms with Crippen LogP contribution in [0.25, 0.3) is 11.6 Å². The molecule has 0 radical (unpaired) electrons. The van der Waals surface area contributed by atoms with E-state index in [1.54, 1.807) is 6.20 Å². The predicted molar refractivity (Wildman–Crippen MR) is 42.3 cm³/mol. The molecule has 0 aromatic carbocycles. The molecule has 2 aromatic rings. The Hall–Kier alpha value is -1.71. The summed E-state index contributed by atoms with van der Waals surface area (Å²) in [6.07, 6.45) is 3.01. The zero-order valence-electron chi connectivity index (χ0n) is 6.56. The Bertz CT molecular complexity index is 370. The molecule has 60 valence electrons. The summed E-state index contributed by atoms with van der Waals surface area (Å²) in [5.74, 6) is 0.457. The minimum absolute atomic E-state index is 0.457. The Labute approximate surface area is 69.3 Å². The maximum absolute atomic E-state index is 4.99. The number of rotatable bonds is 1. The Balaban J connectivity index is 2.48. The second-order valence-corrected chi connectivity index (χ2v) is 2.46. The van der Waals surface area contributed by atoms with E-state index in [0.29, 0.717) is 11.6 Å². The molecular weight excluding hydrogens is 154 g/mol. The van der Waals surface area contributed by atoms with Gasteiger partial charge in [0.25, 0.3) is 5.89 Å². The van der Waals surface area contributed by atoms with Crippen LogP contribution in [0, 0.1) is 6.92 Å². The quantitative estimate of drug-likeness (QED) is 0.635. The SMILES string of the molecule is Cc1ccnc(-c2nnco2)c1. The highest BCUT2D eigenvalue weighted by Gasteiger charge is 2.03. The van der Waals surface area contributed by atoms with Crippen molar-refractivity contribution in [3.05, 3.63) is 30.3 Å². The predicted octanol–water partition coefficient (Wildman–Crippen LogP) is 1.44.